The van der Waals surface area contributed by atoms with Crippen LogP contribution >= 0.6 is 35.1 Å². The highest BCUT2D eigenvalue weighted by molar-refractivity contribution is 8.00. The lowest BCUT2D eigenvalue weighted by Gasteiger charge is -2.24. The summed E-state index contributed by atoms with van der Waals surface area (Å²) in [6, 6.07) is 5.59. The molecule has 114 valence electrons. The Bertz CT molecular complexity index is 670. The Labute approximate surface area is 137 Å². The molecule has 0 atom stereocenters. The molecule has 0 saturated carbocycles. The number of thioether (sulfide) groups is 2. The summed E-state index contributed by atoms with van der Waals surface area (Å²) in [5, 5.41) is 10.2. The molecule has 1 N–H and O–H groups in total. The zero-order valence-electron chi connectivity index (χ0n) is 12.1. The van der Waals surface area contributed by atoms with Crippen molar-refractivity contribution in [2.75, 3.05) is 12.0 Å². The van der Waals surface area contributed by atoms with Gasteiger partial charge < -0.3 is 9.67 Å². The zero-order chi connectivity index (χ0) is 15.6. The third-order valence-corrected chi connectivity index (χ3v) is 5.60. The van der Waals surface area contributed by atoms with Gasteiger partial charge in [0.2, 0.25) is 0 Å². The van der Waals surface area contributed by atoms with Gasteiger partial charge in [0.15, 0.2) is 5.16 Å². The fraction of sp³-hybridized carbons (Fsp3) is 0.429. The second-order valence-corrected chi connectivity index (χ2v) is 8.10. The lowest BCUT2D eigenvalue weighted by Crippen LogP contribution is -2.23. The van der Waals surface area contributed by atoms with Crippen LogP contribution in [0.4, 0.5) is 0 Å². The van der Waals surface area contributed by atoms with E-state index in [-0.39, 0.29) is 10.5 Å². The van der Waals surface area contributed by atoms with E-state index in [1.54, 1.807) is 11.8 Å². The molecular weight excluding hydrogens is 328 g/mol. The van der Waals surface area contributed by atoms with Crippen molar-refractivity contribution in [1.82, 2.24) is 9.55 Å². The third-order valence-electron chi connectivity index (χ3n) is 3.10. The maximum Gasteiger partial charge on any atom is 0.313 e. The topological polar surface area (TPSA) is 55.1 Å². The third kappa shape index (κ3) is 3.87. The maximum atomic E-state index is 10.8. The Hall–Kier alpha value is -0.850. The quantitative estimate of drug-likeness (QED) is 0.802. The van der Waals surface area contributed by atoms with Gasteiger partial charge in [-0.1, -0.05) is 29.4 Å². The highest BCUT2D eigenvalue weighted by atomic mass is 35.5. The molecule has 0 aliphatic carbocycles. The van der Waals surface area contributed by atoms with Crippen LogP contribution < -0.4 is 0 Å². The fourth-order valence-corrected chi connectivity index (χ4v) is 3.21. The first-order valence-electron chi connectivity index (χ1n) is 6.38. The molecule has 2 rings (SSSR count). The lowest BCUT2D eigenvalue weighted by atomic mass is 10.2. The SMILES string of the molecule is CSC(C)(C)Cn1c(SCC(=O)O)nc2cccc(Cl)c21. The van der Waals surface area contributed by atoms with Crippen molar-refractivity contribution in [1.29, 1.82) is 0 Å². The number of carbonyl (C=O) groups is 1. The monoisotopic (exact) mass is 344 g/mol. The van der Waals surface area contributed by atoms with Gasteiger partial charge in [-0.3, -0.25) is 4.79 Å². The summed E-state index contributed by atoms with van der Waals surface area (Å²) in [7, 11) is 0. The molecule has 0 aliphatic heterocycles. The van der Waals surface area contributed by atoms with Gasteiger partial charge in [0.05, 0.1) is 21.8 Å². The van der Waals surface area contributed by atoms with Crippen LogP contribution in [0, 0.1) is 0 Å². The number of benzene rings is 1. The van der Waals surface area contributed by atoms with Crippen molar-refractivity contribution in [3.63, 3.8) is 0 Å². The fourth-order valence-electron chi connectivity index (χ4n) is 1.95. The van der Waals surface area contributed by atoms with E-state index in [4.69, 9.17) is 16.7 Å². The van der Waals surface area contributed by atoms with Gasteiger partial charge in [-0.2, -0.15) is 11.8 Å². The number of nitrogens with zero attached hydrogens (tertiary/aromatic N) is 2. The van der Waals surface area contributed by atoms with Crippen LogP contribution in [0.2, 0.25) is 5.02 Å². The summed E-state index contributed by atoms with van der Waals surface area (Å²) in [4.78, 5) is 15.4. The molecule has 0 fully saturated rings. The standard InChI is InChI=1S/C14H17ClN2O2S2/c1-14(2,20-3)8-17-12-9(15)5-4-6-10(12)16-13(17)21-7-11(18)19/h4-6H,7-8H2,1-3H3,(H,18,19). The van der Waals surface area contributed by atoms with E-state index in [1.807, 2.05) is 22.8 Å². The Morgan fingerprint density at radius 1 is 1.48 bits per heavy atom. The van der Waals surface area contributed by atoms with E-state index in [0.29, 0.717) is 10.2 Å². The summed E-state index contributed by atoms with van der Waals surface area (Å²) in [6.07, 6.45) is 2.06. The first-order valence-corrected chi connectivity index (χ1v) is 8.97. The second kappa shape index (κ2) is 6.50. The molecule has 0 spiro atoms. The first kappa shape index (κ1) is 16.5. The normalized spacial score (nSPS) is 12.0. The Morgan fingerprint density at radius 2 is 2.19 bits per heavy atom. The smallest absolute Gasteiger partial charge is 0.313 e. The van der Waals surface area contributed by atoms with Gasteiger partial charge in [0.25, 0.3) is 0 Å². The molecule has 4 nitrogen and oxygen atoms in total. The molecule has 21 heavy (non-hydrogen) atoms. The molecule has 1 aromatic heterocycles. The Balaban J connectivity index is 2.51. The largest absolute Gasteiger partial charge is 0.481 e. The van der Waals surface area contributed by atoms with Crippen molar-refractivity contribution in [2.24, 2.45) is 0 Å². The number of hydrogen-bond acceptors (Lipinski definition) is 4. The van der Waals surface area contributed by atoms with Crippen molar-refractivity contribution < 1.29 is 9.90 Å². The predicted molar refractivity (Wildman–Crippen MR) is 90.7 cm³/mol. The number of aromatic nitrogens is 2. The number of rotatable bonds is 6. The van der Waals surface area contributed by atoms with Gasteiger partial charge in [-0.05, 0) is 32.2 Å². The lowest BCUT2D eigenvalue weighted by molar-refractivity contribution is -0.133. The molecule has 0 aliphatic rings. The van der Waals surface area contributed by atoms with Crippen molar-refractivity contribution >= 4 is 52.1 Å². The average Bonchev–Trinajstić information content (AvgIpc) is 2.75. The van der Waals surface area contributed by atoms with E-state index in [2.05, 4.69) is 25.1 Å². The number of para-hydroxylation sites is 1. The molecule has 0 radical (unpaired) electrons. The Kier molecular flexibility index (Phi) is 5.11. The Morgan fingerprint density at radius 3 is 2.81 bits per heavy atom. The van der Waals surface area contributed by atoms with Gasteiger partial charge in [-0.25, -0.2) is 4.98 Å². The number of carboxylic acid groups (broad SMARTS) is 1. The minimum atomic E-state index is -0.853. The molecule has 7 heteroatoms. The van der Waals surface area contributed by atoms with Crippen LogP contribution in [0.15, 0.2) is 23.4 Å². The van der Waals surface area contributed by atoms with Crippen LogP contribution in [0.25, 0.3) is 11.0 Å². The molecule has 0 amide bonds. The zero-order valence-corrected chi connectivity index (χ0v) is 14.5. The van der Waals surface area contributed by atoms with Gasteiger partial charge >= 0.3 is 5.97 Å². The number of fused-ring (bicyclic) bond motifs is 1. The van der Waals surface area contributed by atoms with Gasteiger partial charge in [0, 0.05) is 11.3 Å². The molecular formula is C14H17ClN2O2S2. The summed E-state index contributed by atoms with van der Waals surface area (Å²) in [5.41, 5.74) is 1.67. The number of hydrogen-bond donors (Lipinski definition) is 1. The summed E-state index contributed by atoms with van der Waals surface area (Å²) >= 11 is 9.30. The molecule has 1 heterocycles. The summed E-state index contributed by atoms with van der Waals surface area (Å²) in [5.74, 6) is -0.866. The number of halogens is 1. The minimum absolute atomic E-state index is 0.00529. The van der Waals surface area contributed by atoms with E-state index in [0.717, 1.165) is 17.6 Å². The molecule has 2 aromatic rings. The molecule has 0 bridgehead atoms. The van der Waals surface area contributed by atoms with E-state index in [1.165, 1.54) is 11.8 Å². The van der Waals surface area contributed by atoms with Crippen LogP contribution in [-0.2, 0) is 11.3 Å². The first-order chi connectivity index (χ1) is 9.84. The van der Waals surface area contributed by atoms with Gasteiger partial charge in [-0.15, -0.1) is 0 Å². The number of carboxylic acids is 1. The van der Waals surface area contributed by atoms with Crippen LogP contribution in [-0.4, -0.2) is 37.4 Å². The number of aliphatic carboxylic acids is 1. The average molecular weight is 345 g/mol. The van der Waals surface area contributed by atoms with Crippen molar-refractivity contribution in [3.8, 4) is 0 Å². The molecule has 0 saturated heterocycles. The van der Waals surface area contributed by atoms with Crippen LogP contribution in [0.5, 0.6) is 0 Å². The maximum absolute atomic E-state index is 10.8. The second-order valence-electron chi connectivity index (χ2n) is 5.23. The van der Waals surface area contributed by atoms with E-state index < -0.39 is 5.97 Å². The highest BCUT2D eigenvalue weighted by Gasteiger charge is 2.22. The summed E-state index contributed by atoms with van der Waals surface area (Å²) < 4.78 is 2.03. The highest BCUT2D eigenvalue weighted by Crippen LogP contribution is 2.33. The van der Waals surface area contributed by atoms with E-state index in [9.17, 15) is 4.79 Å². The van der Waals surface area contributed by atoms with Gasteiger partial charge in [0.1, 0.15) is 0 Å². The van der Waals surface area contributed by atoms with Crippen molar-refractivity contribution in [2.45, 2.75) is 30.3 Å². The van der Waals surface area contributed by atoms with Crippen LogP contribution in [0.1, 0.15) is 13.8 Å². The molecule has 0 unspecified atom stereocenters. The van der Waals surface area contributed by atoms with Crippen LogP contribution in [0.3, 0.4) is 0 Å². The number of imidazole rings is 1. The van der Waals surface area contributed by atoms with Crippen molar-refractivity contribution in [3.05, 3.63) is 23.2 Å². The summed E-state index contributed by atoms with van der Waals surface area (Å²) in [6.45, 7) is 5.01. The predicted octanol–water partition coefficient (Wildman–Crippen LogP) is 4.01. The van der Waals surface area contributed by atoms with E-state index >= 15 is 0 Å². The molecule has 1 aromatic carbocycles. The minimum Gasteiger partial charge on any atom is -0.481 e.